The lowest BCUT2D eigenvalue weighted by Crippen LogP contribution is -2.33. The van der Waals surface area contributed by atoms with E-state index < -0.39 is 0 Å². The minimum Gasteiger partial charge on any atom is -0.0845 e. The fourth-order valence-corrected chi connectivity index (χ4v) is 4.67. The normalized spacial score (nSPS) is 34.6. The highest BCUT2D eigenvalue weighted by Crippen LogP contribution is 2.64. The Hall–Kier alpha value is -1.30. The van der Waals surface area contributed by atoms with Crippen LogP contribution in [0.5, 0.6) is 0 Å². The molecule has 0 nitrogen and oxygen atoms in total. The molecule has 0 aliphatic heterocycles. The van der Waals surface area contributed by atoms with Crippen molar-refractivity contribution in [2.45, 2.75) is 33.1 Å². The Morgan fingerprint density at radius 2 is 1.68 bits per heavy atom. The van der Waals surface area contributed by atoms with Crippen molar-refractivity contribution in [3.63, 3.8) is 0 Å². The van der Waals surface area contributed by atoms with E-state index in [4.69, 9.17) is 0 Å². The molecule has 0 amide bonds. The number of rotatable bonds is 3. The van der Waals surface area contributed by atoms with Gasteiger partial charge in [0.15, 0.2) is 0 Å². The molecule has 3 aliphatic carbocycles. The maximum Gasteiger partial charge on any atom is -0.00217 e. The minimum absolute atomic E-state index is 0.840. The molecule has 0 heterocycles. The third-order valence-electron chi connectivity index (χ3n) is 5.42. The molecule has 1 saturated carbocycles. The van der Waals surface area contributed by atoms with Crippen molar-refractivity contribution < 1.29 is 0 Å². The molecule has 1 aromatic carbocycles. The molecule has 4 atom stereocenters. The second kappa shape index (κ2) is 4.10. The molecule has 0 N–H and O–H groups in total. The largest absolute Gasteiger partial charge is 0.0845 e. The summed E-state index contributed by atoms with van der Waals surface area (Å²) < 4.78 is 0. The third kappa shape index (κ3) is 1.52. The van der Waals surface area contributed by atoms with Crippen molar-refractivity contribution in [1.29, 1.82) is 0 Å². The number of aryl methyl sites for hydroxylation is 1. The third-order valence-corrected chi connectivity index (χ3v) is 5.42. The molecule has 1 fully saturated rings. The van der Waals surface area contributed by atoms with E-state index in [2.05, 4.69) is 50.3 Å². The molecule has 0 spiro atoms. The van der Waals surface area contributed by atoms with Crippen LogP contribution in [0.3, 0.4) is 0 Å². The molecule has 0 saturated heterocycles. The number of hydrogen-bond donors (Lipinski definition) is 0. The summed E-state index contributed by atoms with van der Waals surface area (Å²) in [7, 11) is 0. The lowest BCUT2D eigenvalue weighted by molar-refractivity contribution is 0.376. The maximum absolute atomic E-state index is 2.49. The van der Waals surface area contributed by atoms with Crippen LogP contribution >= 0.6 is 0 Å². The predicted molar refractivity (Wildman–Crippen MR) is 80.7 cm³/mol. The van der Waals surface area contributed by atoms with Gasteiger partial charge in [-0.1, -0.05) is 60.9 Å². The Bertz CT molecular complexity index is 558. The van der Waals surface area contributed by atoms with Gasteiger partial charge in [0.2, 0.25) is 0 Å². The SMILES string of the molecule is CCCC1=C(c2ccc(C)cc2)C2C3C=CC(C3)C12. The van der Waals surface area contributed by atoms with Gasteiger partial charge in [-0.2, -0.15) is 0 Å². The lowest BCUT2D eigenvalue weighted by atomic mass is 9.60. The first-order valence-electron chi connectivity index (χ1n) is 7.78. The van der Waals surface area contributed by atoms with Gasteiger partial charge in [-0.25, -0.2) is 0 Å². The molecule has 4 rings (SSSR count). The molecule has 2 bridgehead atoms. The topological polar surface area (TPSA) is 0 Å². The second-order valence-corrected chi connectivity index (χ2v) is 6.55. The molecule has 98 valence electrons. The van der Waals surface area contributed by atoms with Crippen molar-refractivity contribution in [1.82, 2.24) is 0 Å². The highest BCUT2D eigenvalue weighted by Gasteiger charge is 2.54. The quantitative estimate of drug-likeness (QED) is 0.662. The number of fused-ring (bicyclic) bond motifs is 5. The van der Waals surface area contributed by atoms with Crippen LogP contribution in [0.25, 0.3) is 5.57 Å². The maximum atomic E-state index is 2.49. The van der Waals surface area contributed by atoms with Gasteiger partial charge in [0.25, 0.3) is 0 Å². The second-order valence-electron chi connectivity index (χ2n) is 6.55. The Balaban J connectivity index is 1.76. The minimum atomic E-state index is 0.840. The molecule has 4 unspecified atom stereocenters. The van der Waals surface area contributed by atoms with Gasteiger partial charge in [-0.15, -0.1) is 0 Å². The van der Waals surface area contributed by atoms with Gasteiger partial charge < -0.3 is 0 Å². The van der Waals surface area contributed by atoms with Crippen LogP contribution in [0, 0.1) is 30.6 Å². The molecule has 0 aromatic heterocycles. The summed E-state index contributed by atoms with van der Waals surface area (Å²) >= 11 is 0. The highest BCUT2D eigenvalue weighted by molar-refractivity contribution is 5.79. The van der Waals surface area contributed by atoms with Crippen LogP contribution in [0.1, 0.15) is 37.3 Å². The van der Waals surface area contributed by atoms with E-state index in [9.17, 15) is 0 Å². The average Bonchev–Trinajstić information content (AvgIpc) is 2.96. The van der Waals surface area contributed by atoms with E-state index in [1.54, 1.807) is 11.1 Å². The number of hydrogen-bond acceptors (Lipinski definition) is 0. The summed E-state index contributed by atoms with van der Waals surface area (Å²) in [6, 6.07) is 9.21. The van der Waals surface area contributed by atoms with E-state index in [0.29, 0.717) is 0 Å². The van der Waals surface area contributed by atoms with Gasteiger partial charge >= 0.3 is 0 Å². The first kappa shape index (κ1) is 11.5. The van der Waals surface area contributed by atoms with Crippen molar-refractivity contribution in [2.75, 3.05) is 0 Å². The van der Waals surface area contributed by atoms with E-state index in [1.165, 1.54) is 30.4 Å². The summed E-state index contributed by atoms with van der Waals surface area (Å²) in [5.74, 6) is 3.45. The first-order chi connectivity index (χ1) is 9.29. The van der Waals surface area contributed by atoms with E-state index >= 15 is 0 Å². The first-order valence-corrected chi connectivity index (χ1v) is 7.78. The summed E-state index contributed by atoms with van der Waals surface area (Å²) in [5, 5.41) is 0. The zero-order chi connectivity index (χ0) is 13.0. The van der Waals surface area contributed by atoms with Gasteiger partial charge in [0.1, 0.15) is 0 Å². The predicted octanol–water partition coefficient (Wildman–Crippen LogP) is 5.00. The summed E-state index contributed by atoms with van der Waals surface area (Å²) in [5.41, 5.74) is 6.36. The van der Waals surface area contributed by atoms with Gasteiger partial charge in [0, 0.05) is 0 Å². The summed E-state index contributed by atoms with van der Waals surface area (Å²) in [6.07, 6.45) is 8.99. The highest BCUT2D eigenvalue weighted by atomic mass is 14.6. The van der Waals surface area contributed by atoms with Crippen LogP contribution in [0.2, 0.25) is 0 Å². The van der Waals surface area contributed by atoms with E-state index in [1.807, 2.05) is 0 Å². The standard InChI is InChI=1S/C19H22/c1-3-4-16-17(13-7-5-12(2)6-8-13)19-15-10-9-14(11-15)18(16)19/h5-10,14-15,18-19H,3-4,11H2,1-2H3. The van der Waals surface area contributed by atoms with Crippen LogP contribution in [-0.4, -0.2) is 0 Å². The van der Waals surface area contributed by atoms with Gasteiger partial charge in [0.05, 0.1) is 0 Å². The fourth-order valence-electron chi connectivity index (χ4n) is 4.67. The van der Waals surface area contributed by atoms with Crippen molar-refractivity contribution in [3.8, 4) is 0 Å². The number of allylic oxidation sites excluding steroid dienone is 4. The summed E-state index contributed by atoms with van der Waals surface area (Å²) in [6.45, 7) is 4.49. The molecule has 3 aliphatic rings. The Morgan fingerprint density at radius 1 is 1.00 bits per heavy atom. The molecule has 0 radical (unpaired) electrons. The summed E-state index contributed by atoms with van der Waals surface area (Å²) in [4.78, 5) is 0. The average molecular weight is 250 g/mol. The van der Waals surface area contributed by atoms with E-state index in [-0.39, 0.29) is 0 Å². The lowest BCUT2D eigenvalue weighted by Gasteiger charge is -2.44. The zero-order valence-electron chi connectivity index (χ0n) is 11.9. The van der Waals surface area contributed by atoms with Crippen molar-refractivity contribution in [3.05, 3.63) is 53.1 Å². The molecule has 0 heteroatoms. The monoisotopic (exact) mass is 250 g/mol. The van der Waals surface area contributed by atoms with Crippen molar-refractivity contribution >= 4 is 5.57 Å². The van der Waals surface area contributed by atoms with Crippen molar-refractivity contribution in [2.24, 2.45) is 23.7 Å². The number of benzene rings is 1. The molecule has 19 heavy (non-hydrogen) atoms. The van der Waals surface area contributed by atoms with Crippen LogP contribution in [0.15, 0.2) is 42.0 Å². The van der Waals surface area contributed by atoms with Crippen LogP contribution < -0.4 is 0 Å². The Morgan fingerprint density at radius 3 is 2.37 bits per heavy atom. The molecular weight excluding hydrogens is 228 g/mol. The fraction of sp³-hybridized carbons (Fsp3) is 0.474. The van der Waals surface area contributed by atoms with Gasteiger partial charge in [-0.05, 0) is 54.6 Å². The van der Waals surface area contributed by atoms with Gasteiger partial charge in [-0.3, -0.25) is 0 Å². The Labute approximate surface area is 116 Å². The van der Waals surface area contributed by atoms with Crippen LogP contribution in [0.4, 0.5) is 0 Å². The Kier molecular flexibility index (Phi) is 2.48. The molecular formula is C19H22. The smallest absolute Gasteiger partial charge is 0.00217 e. The zero-order valence-corrected chi connectivity index (χ0v) is 11.9. The van der Waals surface area contributed by atoms with Crippen LogP contribution in [-0.2, 0) is 0 Å². The van der Waals surface area contributed by atoms with E-state index in [0.717, 1.165) is 23.7 Å². The molecule has 1 aromatic rings.